The number of fused-ring (bicyclic) bond motifs is 1. The van der Waals surface area contributed by atoms with E-state index in [2.05, 4.69) is 29.2 Å². The van der Waals surface area contributed by atoms with Crippen molar-refractivity contribution >= 4 is 11.7 Å². The molecule has 28 heavy (non-hydrogen) atoms. The fraction of sp³-hybridized carbons (Fsp3) is 0.391. The van der Waals surface area contributed by atoms with Crippen LogP contribution >= 0.6 is 0 Å². The van der Waals surface area contributed by atoms with E-state index < -0.39 is 11.9 Å². The SMILES string of the molecule is C[C@@H](Cc1cc(C#N)c2c(c1)CCN2CCCOCc1ccccc1)C(=O)O. The van der Waals surface area contributed by atoms with E-state index in [4.69, 9.17) is 9.84 Å². The van der Waals surface area contributed by atoms with Gasteiger partial charge in [0.05, 0.1) is 23.8 Å². The maximum Gasteiger partial charge on any atom is 0.306 e. The summed E-state index contributed by atoms with van der Waals surface area (Å²) in [5, 5.41) is 18.7. The van der Waals surface area contributed by atoms with Crippen molar-refractivity contribution in [1.82, 2.24) is 0 Å². The second-order valence-electron chi connectivity index (χ2n) is 7.34. The number of nitrogens with zero attached hydrogens (tertiary/aromatic N) is 2. The van der Waals surface area contributed by atoms with Gasteiger partial charge in [-0.05, 0) is 42.0 Å². The Hall–Kier alpha value is -2.84. The minimum Gasteiger partial charge on any atom is -0.481 e. The third kappa shape index (κ3) is 4.90. The number of ether oxygens (including phenoxy) is 1. The number of anilines is 1. The molecule has 1 atom stereocenters. The fourth-order valence-corrected chi connectivity index (χ4v) is 3.68. The molecule has 5 heteroatoms. The van der Waals surface area contributed by atoms with Crippen LogP contribution in [0.25, 0.3) is 0 Å². The van der Waals surface area contributed by atoms with Crippen molar-refractivity contribution < 1.29 is 14.6 Å². The Kier molecular flexibility index (Phi) is 6.67. The minimum atomic E-state index is -0.809. The molecule has 0 aliphatic carbocycles. The molecule has 1 aliphatic heterocycles. The van der Waals surface area contributed by atoms with Gasteiger partial charge in [-0.15, -0.1) is 0 Å². The molecule has 0 radical (unpaired) electrons. The first-order chi connectivity index (χ1) is 13.6. The lowest BCUT2D eigenvalue weighted by molar-refractivity contribution is -0.141. The largest absolute Gasteiger partial charge is 0.481 e. The van der Waals surface area contributed by atoms with E-state index in [0.717, 1.165) is 42.7 Å². The van der Waals surface area contributed by atoms with Gasteiger partial charge in [0, 0.05) is 19.7 Å². The Labute approximate surface area is 166 Å². The molecule has 0 bridgehead atoms. The summed E-state index contributed by atoms with van der Waals surface area (Å²) < 4.78 is 5.76. The van der Waals surface area contributed by atoms with Gasteiger partial charge in [0.15, 0.2) is 0 Å². The molecule has 1 aliphatic rings. The van der Waals surface area contributed by atoms with Crippen LogP contribution in [0.2, 0.25) is 0 Å². The zero-order chi connectivity index (χ0) is 19.9. The highest BCUT2D eigenvalue weighted by atomic mass is 16.5. The number of hydrogen-bond acceptors (Lipinski definition) is 4. The first-order valence-corrected chi connectivity index (χ1v) is 9.74. The van der Waals surface area contributed by atoms with Gasteiger partial charge >= 0.3 is 5.97 Å². The van der Waals surface area contributed by atoms with E-state index >= 15 is 0 Å². The summed E-state index contributed by atoms with van der Waals surface area (Å²) in [5.74, 6) is -1.26. The van der Waals surface area contributed by atoms with Crippen LogP contribution in [0, 0.1) is 17.2 Å². The van der Waals surface area contributed by atoms with Crippen molar-refractivity contribution in [1.29, 1.82) is 5.26 Å². The standard InChI is InChI=1S/C23H26N2O3/c1-17(23(26)27)12-19-13-20-8-10-25(22(20)21(14-19)15-24)9-5-11-28-16-18-6-3-2-4-7-18/h2-4,6-7,13-14,17H,5,8-12,16H2,1H3,(H,26,27)/t17-/m0/s1. The molecule has 5 nitrogen and oxygen atoms in total. The van der Waals surface area contributed by atoms with Gasteiger partial charge in [-0.25, -0.2) is 0 Å². The Morgan fingerprint density at radius 3 is 2.79 bits per heavy atom. The zero-order valence-electron chi connectivity index (χ0n) is 16.2. The number of rotatable bonds is 9. The summed E-state index contributed by atoms with van der Waals surface area (Å²) in [6.45, 7) is 4.73. The summed E-state index contributed by atoms with van der Waals surface area (Å²) in [7, 11) is 0. The van der Waals surface area contributed by atoms with E-state index in [-0.39, 0.29) is 0 Å². The number of hydrogen-bond donors (Lipinski definition) is 1. The van der Waals surface area contributed by atoms with E-state index in [0.29, 0.717) is 25.2 Å². The maximum absolute atomic E-state index is 11.1. The van der Waals surface area contributed by atoms with Gasteiger partial charge < -0.3 is 14.7 Å². The second kappa shape index (κ2) is 9.38. The van der Waals surface area contributed by atoms with Crippen molar-refractivity contribution in [3.05, 3.63) is 64.7 Å². The Morgan fingerprint density at radius 2 is 2.07 bits per heavy atom. The van der Waals surface area contributed by atoms with Gasteiger partial charge in [-0.3, -0.25) is 4.79 Å². The lowest BCUT2D eigenvalue weighted by Gasteiger charge is -2.21. The molecular formula is C23H26N2O3. The molecule has 2 aromatic carbocycles. The number of benzene rings is 2. The van der Waals surface area contributed by atoms with Crippen LogP contribution in [-0.2, 0) is 29.0 Å². The van der Waals surface area contributed by atoms with Crippen LogP contribution in [0.1, 0.15) is 35.6 Å². The fourth-order valence-electron chi connectivity index (χ4n) is 3.68. The molecule has 0 spiro atoms. The molecule has 3 rings (SSSR count). The van der Waals surface area contributed by atoms with Crippen LogP contribution < -0.4 is 4.90 Å². The molecule has 146 valence electrons. The summed E-state index contributed by atoms with van der Waals surface area (Å²) >= 11 is 0. The lowest BCUT2D eigenvalue weighted by atomic mass is 9.96. The van der Waals surface area contributed by atoms with Gasteiger partial charge in [0.1, 0.15) is 6.07 Å². The first kappa shape index (κ1) is 19.9. The maximum atomic E-state index is 11.1. The highest BCUT2D eigenvalue weighted by Crippen LogP contribution is 2.33. The normalized spacial score (nSPS) is 13.8. The summed E-state index contributed by atoms with van der Waals surface area (Å²) in [4.78, 5) is 13.4. The van der Waals surface area contributed by atoms with Crippen LogP contribution in [-0.4, -0.2) is 30.8 Å². The minimum absolute atomic E-state index is 0.449. The third-order valence-electron chi connectivity index (χ3n) is 5.13. The Balaban J connectivity index is 1.57. The van der Waals surface area contributed by atoms with Crippen molar-refractivity contribution in [2.45, 2.75) is 32.8 Å². The predicted octanol–water partition coefficient (Wildman–Crippen LogP) is 3.79. The van der Waals surface area contributed by atoms with Gasteiger partial charge in [0.2, 0.25) is 0 Å². The van der Waals surface area contributed by atoms with E-state index in [1.165, 1.54) is 5.56 Å². The Bertz CT molecular complexity index is 858. The molecule has 1 heterocycles. The average molecular weight is 378 g/mol. The van der Waals surface area contributed by atoms with E-state index in [1.54, 1.807) is 6.92 Å². The second-order valence-corrected chi connectivity index (χ2v) is 7.34. The predicted molar refractivity (Wildman–Crippen MR) is 108 cm³/mol. The Morgan fingerprint density at radius 1 is 1.29 bits per heavy atom. The van der Waals surface area contributed by atoms with Gasteiger partial charge in [0.25, 0.3) is 0 Å². The van der Waals surface area contributed by atoms with Crippen molar-refractivity contribution in [2.24, 2.45) is 5.92 Å². The van der Waals surface area contributed by atoms with Crippen LogP contribution in [0.15, 0.2) is 42.5 Å². The number of carbonyl (C=O) groups is 1. The van der Waals surface area contributed by atoms with E-state index in [9.17, 15) is 10.1 Å². The summed E-state index contributed by atoms with van der Waals surface area (Å²) in [5.41, 5.74) is 4.91. The lowest BCUT2D eigenvalue weighted by Crippen LogP contribution is -2.23. The zero-order valence-corrected chi connectivity index (χ0v) is 16.2. The smallest absolute Gasteiger partial charge is 0.306 e. The molecular weight excluding hydrogens is 352 g/mol. The number of nitriles is 1. The molecule has 0 fully saturated rings. The van der Waals surface area contributed by atoms with Crippen LogP contribution in [0.5, 0.6) is 0 Å². The molecule has 0 aromatic heterocycles. The molecule has 0 unspecified atom stereocenters. The number of carboxylic acids is 1. The molecule has 1 N–H and O–H groups in total. The third-order valence-corrected chi connectivity index (χ3v) is 5.13. The molecule has 0 saturated heterocycles. The number of carboxylic acid groups (broad SMARTS) is 1. The van der Waals surface area contributed by atoms with Gasteiger partial charge in [-0.1, -0.05) is 43.3 Å². The van der Waals surface area contributed by atoms with Gasteiger partial charge in [-0.2, -0.15) is 5.26 Å². The summed E-state index contributed by atoms with van der Waals surface area (Å²) in [6, 6.07) is 16.3. The highest BCUT2D eigenvalue weighted by Gasteiger charge is 2.24. The quantitative estimate of drug-likeness (QED) is 0.672. The highest BCUT2D eigenvalue weighted by molar-refractivity contribution is 5.71. The molecule has 0 amide bonds. The first-order valence-electron chi connectivity index (χ1n) is 9.74. The van der Waals surface area contributed by atoms with Crippen molar-refractivity contribution in [2.75, 3.05) is 24.6 Å². The average Bonchev–Trinajstić information content (AvgIpc) is 3.10. The topological polar surface area (TPSA) is 73.6 Å². The monoisotopic (exact) mass is 378 g/mol. The molecule has 2 aromatic rings. The molecule has 0 saturated carbocycles. The number of aliphatic carboxylic acids is 1. The van der Waals surface area contributed by atoms with Crippen LogP contribution in [0.4, 0.5) is 5.69 Å². The van der Waals surface area contributed by atoms with Crippen LogP contribution in [0.3, 0.4) is 0 Å². The van der Waals surface area contributed by atoms with Crippen molar-refractivity contribution in [3.63, 3.8) is 0 Å². The van der Waals surface area contributed by atoms with E-state index in [1.807, 2.05) is 24.3 Å². The summed E-state index contributed by atoms with van der Waals surface area (Å²) in [6.07, 6.45) is 2.24. The van der Waals surface area contributed by atoms with Crippen molar-refractivity contribution in [3.8, 4) is 6.07 Å².